The fourth-order valence-corrected chi connectivity index (χ4v) is 2.78. The molecule has 7 heteroatoms. The van der Waals surface area contributed by atoms with Crippen LogP contribution in [0.4, 0.5) is 13.2 Å². The van der Waals surface area contributed by atoms with Crippen molar-refractivity contribution >= 4 is 5.91 Å². The van der Waals surface area contributed by atoms with Crippen LogP contribution in [0.3, 0.4) is 0 Å². The summed E-state index contributed by atoms with van der Waals surface area (Å²) in [5.41, 5.74) is 2.47. The van der Waals surface area contributed by atoms with Gasteiger partial charge < -0.3 is 4.74 Å². The van der Waals surface area contributed by atoms with E-state index in [1.165, 1.54) is 12.1 Å². The van der Waals surface area contributed by atoms with Crippen LogP contribution in [0, 0.1) is 5.92 Å². The zero-order chi connectivity index (χ0) is 16.4. The smallest absolute Gasteiger partial charge is 0.350 e. The van der Waals surface area contributed by atoms with Gasteiger partial charge in [-0.15, -0.1) is 0 Å². The van der Waals surface area contributed by atoms with Crippen molar-refractivity contribution < 1.29 is 27.5 Å². The Labute approximate surface area is 131 Å². The van der Waals surface area contributed by atoms with Crippen molar-refractivity contribution in [1.82, 2.24) is 5.48 Å². The minimum absolute atomic E-state index is 0.0480. The van der Waals surface area contributed by atoms with Crippen LogP contribution in [0.5, 0.6) is 0 Å². The van der Waals surface area contributed by atoms with Crippen LogP contribution < -0.4 is 5.48 Å². The number of carbonyl (C=O) groups is 1. The zero-order valence-corrected chi connectivity index (χ0v) is 12.4. The first-order valence-electron chi connectivity index (χ1n) is 7.69. The molecule has 1 saturated heterocycles. The monoisotopic (exact) mass is 329 g/mol. The summed E-state index contributed by atoms with van der Waals surface area (Å²) in [6.07, 6.45) is -1.40. The van der Waals surface area contributed by atoms with Gasteiger partial charge in [0.05, 0.1) is 5.56 Å². The lowest BCUT2D eigenvalue weighted by atomic mass is 10.1. The second-order valence-corrected chi connectivity index (χ2v) is 5.95. The number of amides is 1. The minimum atomic E-state index is -4.34. The molecule has 1 aromatic rings. The van der Waals surface area contributed by atoms with E-state index in [2.05, 4.69) is 5.48 Å². The lowest BCUT2D eigenvalue weighted by Crippen LogP contribution is -2.34. The van der Waals surface area contributed by atoms with E-state index in [-0.39, 0.29) is 17.7 Å². The summed E-state index contributed by atoms with van der Waals surface area (Å²) in [6, 6.07) is 4.97. The van der Waals surface area contributed by atoms with Crippen molar-refractivity contribution in [2.75, 3.05) is 6.61 Å². The summed E-state index contributed by atoms with van der Waals surface area (Å²) in [5, 5.41) is 0. The first kappa shape index (κ1) is 16.3. The highest BCUT2D eigenvalue weighted by atomic mass is 19.4. The number of hydrogen-bond donors (Lipinski definition) is 1. The number of hydrogen-bond acceptors (Lipinski definition) is 3. The molecule has 1 aliphatic carbocycles. The third kappa shape index (κ3) is 4.03. The summed E-state index contributed by atoms with van der Waals surface area (Å²) in [4.78, 5) is 17.2. The number of carbonyl (C=O) groups excluding carboxylic acids is 1. The molecule has 3 rings (SSSR count). The maximum absolute atomic E-state index is 12.5. The third-order valence-corrected chi connectivity index (χ3v) is 4.22. The predicted octanol–water partition coefficient (Wildman–Crippen LogP) is 3.38. The van der Waals surface area contributed by atoms with Crippen LogP contribution in [0.2, 0.25) is 0 Å². The van der Waals surface area contributed by atoms with Crippen molar-refractivity contribution in [1.29, 1.82) is 0 Å². The number of halogens is 3. The number of rotatable bonds is 4. The van der Waals surface area contributed by atoms with Crippen LogP contribution in [0.25, 0.3) is 0 Å². The van der Waals surface area contributed by atoms with E-state index in [1.807, 2.05) is 0 Å². The Hall–Kier alpha value is -1.60. The van der Waals surface area contributed by atoms with E-state index >= 15 is 0 Å². The molecule has 1 saturated carbocycles. The largest absolute Gasteiger partial charge is 0.416 e. The Bertz CT molecular complexity index is 553. The van der Waals surface area contributed by atoms with E-state index < -0.39 is 18.0 Å². The molecule has 0 unspecified atom stereocenters. The summed E-state index contributed by atoms with van der Waals surface area (Å²) in [7, 11) is 0. The molecule has 0 aromatic heterocycles. The van der Waals surface area contributed by atoms with Gasteiger partial charge in [0, 0.05) is 18.9 Å². The molecule has 2 fully saturated rings. The lowest BCUT2D eigenvalue weighted by Gasteiger charge is -2.22. The van der Waals surface area contributed by atoms with Gasteiger partial charge in [-0.05, 0) is 42.9 Å². The quantitative estimate of drug-likeness (QED) is 0.862. The molecule has 4 nitrogen and oxygen atoms in total. The van der Waals surface area contributed by atoms with Gasteiger partial charge in [-0.1, -0.05) is 12.1 Å². The van der Waals surface area contributed by atoms with Crippen LogP contribution >= 0.6 is 0 Å². The van der Waals surface area contributed by atoms with Gasteiger partial charge in [0.25, 0.3) is 0 Å². The summed E-state index contributed by atoms with van der Waals surface area (Å²) in [6.45, 7) is 0.623. The van der Waals surface area contributed by atoms with E-state index in [1.54, 1.807) is 0 Å². The van der Waals surface area contributed by atoms with Crippen LogP contribution in [-0.2, 0) is 20.5 Å². The number of nitrogens with one attached hydrogen (secondary N) is 1. The topological polar surface area (TPSA) is 47.6 Å². The SMILES string of the molecule is O=C(NO[C@@H]1CCCCO1)[C@H]1C[C@H]1c1ccc(C(F)(F)F)cc1. The standard InChI is InChI=1S/C16H18F3NO3/c17-16(18,19)11-6-4-10(5-7-11)12-9-13(12)15(21)20-23-14-3-1-2-8-22-14/h4-7,12-14H,1-3,8-9H2,(H,20,21)/t12-,13-,14+/m0/s1. The molecule has 1 aliphatic heterocycles. The zero-order valence-electron chi connectivity index (χ0n) is 12.4. The second-order valence-electron chi connectivity index (χ2n) is 5.95. The normalized spacial score (nSPS) is 27.5. The number of ether oxygens (including phenoxy) is 1. The first-order valence-corrected chi connectivity index (χ1v) is 7.69. The van der Waals surface area contributed by atoms with Crippen molar-refractivity contribution in [2.45, 2.75) is 44.1 Å². The summed E-state index contributed by atoms with van der Waals surface area (Å²) >= 11 is 0. The maximum Gasteiger partial charge on any atom is 0.416 e. The molecule has 23 heavy (non-hydrogen) atoms. The number of hydroxylamine groups is 1. The van der Waals surface area contributed by atoms with Crippen molar-refractivity contribution in [3.63, 3.8) is 0 Å². The Balaban J connectivity index is 1.49. The molecule has 0 radical (unpaired) electrons. The Kier molecular flexibility index (Phi) is 4.59. The molecular formula is C16H18F3NO3. The van der Waals surface area contributed by atoms with Gasteiger partial charge in [-0.2, -0.15) is 13.2 Å². The number of benzene rings is 1. The molecule has 1 N–H and O–H groups in total. The molecule has 126 valence electrons. The molecule has 0 spiro atoms. The van der Waals surface area contributed by atoms with Crippen LogP contribution in [-0.4, -0.2) is 18.8 Å². The fraction of sp³-hybridized carbons (Fsp3) is 0.562. The molecule has 1 amide bonds. The Morgan fingerprint density at radius 3 is 2.57 bits per heavy atom. The van der Waals surface area contributed by atoms with Gasteiger partial charge in [-0.25, -0.2) is 10.3 Å². The fourth-order valence-electron chi connectivity index (χ4n) is 2.78. The highest BCUT2D eigenvalue weighted by molar-refractivity contribution is 5.82. The van der Waals surface area contributed by atoms with Gasteiger partial charge in [0.15, 0.2) is 6.29 Å². The van der Waals surface area contributed by atoms with Gasteiger partial charge in [-0.3, -0.25) is 4.79 Å². The van der Waals surface area contributed by atoms with E-state index in [9.17, 15) is 18.0 Å². The average Bonchev–Trinajstić information content (AvgIpc) is 3.34. The highest BCUT2D eigenvalue weighted by Gasteiger charge is 2.44. The van der Waals surface area contributed by atoms with Crippen molar-refractivity contribution in [3.8, 4) is 0 Å². The maximum atomic E-state index is 12.5. The molecule has 3 atom stereocenters. The van der Waals surface area contributed by atoms with Gasteiger partial charge in [0.2, 0.25) is 5.91 Å². The lowest BCUT2D eigenvalue weighted by molar-refractivity contribution is -0.201. The average molecular weight is 329 g/mol. The highest BCUT2D eigenvalue weighted by Crippen LogP contribution is 2.48. The van der Waals surface area contributed by atoms with Crippen LogP contribution in [0.1, 0.15) is 42.7 Å². The summed E-state index contributed by atoms with van der Waals surface area (Å²) in [5.74, 6) is -0.549. The Morgan fingerprint density at radius 2 is 1.96 bits per heavy atom. The van der Waals surface area contributed by atoms with E-state index in [4.69, 9.17) is 9.57 Å². The minimum Gasteiger partial charge on any atom is -0.350 e. The molecule has 0 bridgehead atoms. The first-order chi connectivity index (χ1) is 10.9. The van der Waals surface area contributed by atoms with Crippen molar-refractivity contribution in [2.24, 2.45) is 5.92 Å². The van der Waals surface area contributed by atoms with Crippen LogP contribution in [0.15, 0.2) is 24.3 Å². The summed E-state index contributed by atoms with van der Waals surface area (Å²) < 4.78 is 42.9. The van der Waals surface area contributed by atoms with Gasteiger partial charge >= 0.3 is 6.18 Å². The van der Waals surface area contributed by atoms with Crippen molar-refractivity contribution in [3.05, 3.63) is 35.4 Å². The molecule has 1 heterocycles. The molecular weight excluding hydrogens is 311 g/mol. The molecule has 2 aliphatic rings. The van der Waals surface area contributed by atoms with E-state index in [0.717, 1.165) is 37.0 Å². The second kappa shape index (κ2) is 6.49. The molecule has 1 aromatic carbocycles. The number of alkyl halides is 3. The van der Waals surface area contributed by atoms with Gasteiger partial charge in [0.1, 0.15) is 0 Å². The van der Waals surface area contributed by atoms with E-state index in [0.29, 0.717) is 13.0 Å². The Morgan fingerprint density at radius 1 is 1.22 bits per heavy atom. The third-order valence-electron chi connectivity index (χ3n) is 4.22. The predicted molar refractivity (Wildman–Crippen MR) is 75.1 cm³/mol.